The Labute approximate surface area is 136 Å². The summed E-state index contributed by atoms with van der Waals surface area (Å²) in [4.78, 5) is 27.7. The highest BCUT2D eigenvalue weighted by Gasteiger charge is 2.28. The number of hydrogen-bond donors (Lipinski definition) is 1. The number of carbonyl (C=O) groups is 2. The van der Waals surface area contributed by atoms with Gasteiger partial charge in [0.25, 0.3) is 0 Å². The fourth-order valence-corrected chi connectivity index (χ4v) is 2.72. The van der Waals surface area contributed by atoms with Crippen LogP contribution in [-0.2, 0) is 9.59 Å². The predicted octanol–water partition coefficient (Wildman–Crippen LogP) is 1.30. The molecule has 0 unspecified atom stereocenters. The van der Waals surface area contributed by atoms with E-state index in [1.807, 2.05) is 0 Å². The van der Waals surface area contributed by atoms with Crippen LogP contribution in [0.25, 0.3) is 0 Å². The maximum atomic E-state index is 12.3. The molecule has 0 bridgehead atoms. The van der Waals surface area contributed by atoms with Crippen LogP contribution in [0.1, 0.15) is 18.4 Å². The van der Waals surface area contributed by atoms with Crippen molar-refractivity contribution >= 4 is 17.5 Å². The second kappa shape index (κ2) is 7.63. The average molecular weight is 314 g/mol. The van der Waals surface area contributed by atoms with Crippen LogP contribution >= 0.6 is 0 Å². The van der Waals surface area contributed by atoms with E-state index in [9.17, 15) is 9.59 Å². The molecule has 0 aromatic heterocycles. The number of nitrogens with zero attached hydrogens (tertiary/aromatic N) is 3. The lowest BCUT2D eigenvalue weighted by molar-refractivity contribution is -0.138. The fraction of sp³-hybridized carbons (Fsp3) is 0.471. The second-order valence-electron chi connectivity index (χ2n) is 5.95. The summed E-state index contributed by atoms with van der Waals surface area (Å²) >= 11 is 0. The fourth-order valence-electron chi connectivity index (χ4n) is 2.72. The molecule has 2 amide bonds. The molecule has 1 heterocycles. The van der Waals surface area contributed by atoms with Gasteiger partial charge in [-0.25, -0.2) is 0 Å². The van der Waals surface area contributed by atoms with Gasteiger partial charge >= 0.3 is 0 Å². The minimum atomic E-state index is -0.0994. The van der Waals surface area contributed by atoms with E-state index in [0.29, 0.717) is 18.7 Å². The predicted molar refractivity (Wildman–Crippen MR) is 87.6 cm³/mol. The number of carbonyl (C=O) groups excluding carboxylic acids is 2. The Morgan fingerprint density at radius 3 is 2.65 bits per heavy atom. The van der Waals surface area contributed by atoms with Crippen LogP contribution in [0.5, 0.6) is 0 Å². The SMILES string of the molecule is CN(C)C(=O)[C@H]1CCCN(C(=O)CNc2ccc(C#N)cc2)C1. The first-order chi connectivity index (χ1) is 11.0. The van der Waals surface area contributed by atoms with Gasteiger partial charge in [0.15, 0.2) is 0 Å². The van der Waals surface area contributed by atoms with E-state index in [2.05, 4.69) is 11.4 Å². The molecule has 6 nitrogen and oxygen atoms in total. The van der Waals surface area contributed by atoms with E-state index in [1.165, 1.54) is 0 Å². The molecule has 0 saturated carbocycles. The van der Waals surface area contributed by atoms with Crippen molar-refractivity contribution in [3.05, 3.63) is 29.8 Å². The number of benzene rings is 1. The van der Waals surface area contributed by atoms with Crippen molar-refractivity contribution < 1.29 is 9.59 Å². The van der Waals surface area contributed by atoms with Crippen LogP contribution in [0, 0.1) is 17.2 Å². The smallest absolute Gasteiger partial charge is 0.241 e. The van der Waals surface area contributed by atoms with Crippen LogP contribution in [-0.4, -0.2) is 55.3 Å². The lowest BCUT2D eigenvalue weighted by Gasteiger charge is -2.33. The van der Waals surface area contributed by atoms with Gasteiger partial charge in [-0.15, -0.1) is 0 Å². The summed E-state index contributed by atoms with van der Waals surface area (Å²) in [5.41, 5.74) is 1.39. The van der Waals surface area contributed by atoms with Crippen molar-refractivity contribution in [2.24, 2.45) is 5.92 Å². The largest absolute Gasteiger partial charge is 0.376 e. The Balaban J connectivity index is 1.87. The van der Waals surface area contributed by atoms with Gasteiger partial charge in [-0.1, -0.05) is 0 Å². The molecule has 6 heteroatoms. The third kappa shape index (κ3) is 4.46. The highest BCUT2D eigenvalue weighted by molar-refractivity contribution is 5.83. The molecule has 0 spiro atoms. The van der Waals surface area contributed by atoms with Crippen LogP contribution in [0.4, 0.5) is 5.69 Å². The Morgan fingerprint density at radius 1 is 1.35 bits per heavy atom. The first-order valence-corrected chi connectivity index (χ1v) is 7.74. The summed E-state index contributed by atoms with van der Waals surface area (Å²) in [6.45, 7) is 1.38. The minimum absolute atomic E-state index is 0.00869. The van der Waals surface area contributed by atoms with Crippen LogP contribution in [0.2, 0.25) is 0 Å². The van der Waals surface area contributed by atoms with Crippen LogP contribution in [0.3, 0.4) is 0 Å². The standard InChI is InChI=1S/C17H22N4O2/c1-20(2)17(23)14-4-3-9-21(12-14)16(22)11-19-15-7-5-13(10-18)6-8-15/h5-8,14,19H,3-4,9,11-12H2,1-2H3/t14-/m0/s1. The van der Waals surface area contributed by atoms with E-state index >= 15 is 0 Å². The van der Waals surface area contributed by atoms with Crippen molar-refractivity contribution in [2.75, 3.05) is 39.0 Å². The maximum absolute atomic E-state index is 12.3. The summed E-state index contributed by atoms with van der Waals surface area (Å²) in [6.07, 6.45) is 1.69. The molecule has 1 fully saturated rings. The van der Waals surface area contributed by atoms with E-state index in [0.717, 1.165) is 18.5 Å². The Bertz CT molecular complexity index is 604. The van der Waals surface area contributed by atoms with Crippen LogP contribution < -0.4 is 5.32 Å². The molecule has 1 aromatic carbocycles. The number of amides is 2. The van der Waals surface area contributed by atoms with Crippen LogP contribution in [0.15, 0.2) is 24.3 Å². The Kier molecular flexibility index (Phi) is 5.58. The summed E-state index contributed by atoms with van der Waals surface area (Å²) in [6, 6.07) is 9.03. The molecule has 1 saturated heterocycles. The molecule has 122 valence electrons. The van der Waals surface area contributed by atoms with E-state index in [4.69, 9.17) is 5.26 Å². The number of piperidine rings is 1. The summed E-state index contributed by atoms with van der Waals surface area (Å²) in [5, 5.41) is 11.8. The third-order valence-corrected chi connectivity index (χ3v) is 4.02. The molecule has 1 aliphatic rings. The second-order valence-corrected chi connectivity index (χ2v) is 5.95. The lowest BCUT2D eigenvalue weighted by atomic mass is 9.96. The van der Waals surface area contributed by atoms with Gasteiger partial charge in [0.1, 0.15) is 0 Å². The topological polar surface area (TPSA) is 76.4 Å². The average Bonchev–Trinajstić information content (AvgIpc) is 2.59. The van der Waals surface area contributed by atoms with Gasteiger partial charge in [-0.3, -0.25) is 9.59 Å². The highest BCUT2D eigenvalue weighted by Crippen LogP contribution is 2.18. The van der Waals surface area contributed by atoms with Gasteiger partial charge in [0, 0.05) is 32.9 Å². The van der Waals surface area contributed by atoms with Gasteiger partial charge in [0.2, 0.25) is 11.8 Å². The minimum Gasteiger partial charge on any atom is -0.376 e. The Morgan fingerprint density at radius 2 is 2.04 bits per heavy atom. The summed E-state index contributed by atoms with van der Waals surface area (Å²) in [5.74, 6) is -0.0224. The van der Waals surface area contributed by atoms with E-state index in [1.54, 1.807) is 48.2 Å². The number of rotatable bonds is 4. The van der Waals surface area contributed by atoms with Gasteiger partial charge in [-0.2, -0.15) is 5.26 Å². The van der Waals surface area contributed by atoms with Crippen molar-refractivity contribution in [2.45, 2.75) is 12.8 Å². The first-order valence-electron chi connectivity index (χ1n) is 7.74. The zero-order valence-electron chi connectivity index (χ0n) is 13.6. The molecule has 0 radical (unpaired) electrons. The number of anilines is 1. The Hall–Kier alpha value is -2.55. The van der Waals surface area contributed by atoms with E-state index in [-0.39, 0.29) is 24.3 Å². The zero-order valence-corrected chi connectivity index (χ0v) is 13.6. The molecule has 1 aromatic rings. The third-order valence-electron chi connectivity index (χ3n) is 4.02. The molecule has 0 aliphatic carbocycles. The van der Waals surface area contributed by atoms with Crippen molar-refractivity contribution in [1.82, 2.24) is 9.80 Å². The van der Waals surface area contributed by atoms with Crippen molar-refractivity contribution in [3.8, 4) is 6.07 Å². The number of nitrogens with one attached hydrogen (secondary N) is 1. The summed E-state index contributed by atoms with van der Waals surface area (Å²) < 4.78 is 0. The molecule has 23 heavy (non-hydrogen) atoms. The molecule has 2 rings (SSSR count). The molecule has 1 aliphatic heterocycles. The number of likely N-dealkylation sites (tertiary alicyclic amines) is 1. The normalized spacial score (nSPS) is 17.3. The lowest BCUT2D eigenvalue weighted by Crippen LogP contribution is -2.46. The molecular formula is C17H22N4O2. The monoisotopic (exact) mass is 314 g/mol. The quantitative estimate of drug-likeness (QED) is 0.909. The van der Waals surface area contributed by atoms with Gasteiger partial charge < -0.3 is 15.1 Å². The number of nitriles is 1. The molecule has 1 atom stereocenters. The summed E-state index contributed by atoms with van der Waals surface area (Å²) in [7, 11) is 3.49. The highest BCUT2D eigenvalue weighted by atomic mass is 16.2. The molecule has 1 N–H and O–H groups in total. The molecular weight excluding hydrogens is 292 g/mol. The number of hydrogen-bond acceptors (Lipinski definition) is 4. The maximum Gasteiger partial charge on any atom is 0.241 e. The van der Waals surface area contributed by atoms with Gasteiger partial charge in [0.05, 0.1) is 24.1 Å². The zero-order chi connectivity index (χ0) is 16.8. The van der Waals surface area contributed by atoms with Crippen molar-refractivity contribution in [1.29, 1.82) is 5.26 Å². The van der Waals surface area contributed by atoms with E-state index < -0.39 is 0 Å². The first kappa shape index (κ1) is 16.8. The van der Waals surface area contributed by atoms with Crippen molar-refractivity contribution in [3.63, 3.8) is 0 Å². The van der Waals surface area contributed by atoms with Gasteiger partial charge in [-0.05, 0) is 37.1 Å².